The van der Waals surface area contributed by atoms with Crippen molar-refractivity contribution in [1.29, 1.82) is 0 Å². The number of carbonyl (C=O) groups excluding carboxylic acids is 1. The second kappa shape index (κ2) is 6.12. The van der Waals surface area contributed by atoms with Crippen LogP contribution in [0.25, 0.3) is 0 Å². The van der Waals surface area contributed by atoms with Gasteiger partial charge in [-0.15, -0.1) is 11.3 Å². The molecular formula is C12H13N3O3S2. The molecule has 2 rings (SSSR count). The number of aromatic nitrogens is 1. The zero-order chi connectivity index (χ0) is 14.6. The third-order valence-electron chi connectivity index (χ3n) is 2.49. The van der Waals surface area contributed by atoms with Crippen LogP contribution >= 0.6 is 11.3 Å². The van der Waals surface area contributed by atoms with Crippen molar-refractivity contribution < 1.29 is 13.2 Å². The van der Waals surface area contributed by atoms with Gasteiger partial charge < -0.3 is 5.32 Å². The molecule has 0 fully saturated rings. The van der Waals surface area contributed by atoms with Crippen molar-refractivity contribution in [3.05, 3.63) is 47.1 Å². The highest BCUT2D eigenvalue weighted by atomic mass is 32.2. The molecule has 0 unspecified atom stereocenters. The molecule has 20 heavy (non-hydrogen) atoms. The molecule has 8 heteroatoms. The van der Waals surface area contributed by atoms with Gasteiger partial charge in [0, 0.05) is 11.1 Å². The number of nitrogens with one attached hydrogen (secondary N) is 2. The molecule has 2 heterocycles. The summed E-state index contributed by atoms with van der Waals surface area (Å²) in [5, 5.41) is 2.69. The van der Waals surface area contributed by atoms with Crippen LogP contribution in [-0.4, -0.2) is 26.4 Å². The van der Waals surface area contributed by atoms with Crippen molar-refractivity contribution in [3.63, 3.8) is 0 Å². The van der Waals surface area contributed by atoms with Crippen LogP contribution in [0.3, 0.4) is 0 Å². The summed E-state index contributed by atoms with van der Waals surface area (Å²) in [6.07, 6.45) is 1.54. The molecule has 0 saturated carbocycles. The molecule has 0 aliphatic carbocycles. The topological polar surface area (TPSA) is 88.2 Å². The van der Waals surface area contributed by atoms with E-state index in [0.29, 0.717) is 5.69 Å². The number of hydrogen-bond acceptors (Lipinski definition) is 5. The van der Waals surface area contributed by atoms with E-state index < -0.39 is 10.0 Å². The minimum Gasteiger partial charge on any atom is -0.346 e. The summed E-state index contributed by atoms with van der Waals surface area (Å²) in [5.41, 5.74) is 0.326. The number of carbonyl (C=O) groups is 1. The van der Waals surface area contributed by atoms with Gasteiger partial charge in [0.05, 0.1) is 6.54 Å². The van der Waals surface area contributed by atoms with E-state index in [2.05, 4.69) is 15.0 Å². The van der Waals surface area contributed by atoms with Crippen LogP contribution in [0.4, 0.5) is 0 Å². The zero-order valence-electron chi connectivity index (χ0n) is 10.7. The van der Waals surface area contributed by atoms with Crippen LogP contribution in [-0.2, 0) is 16.6 Å². The molecule has 2 N–H and O–H groups in total. The van der Waals surface area contributed by atoms with E-state index in [1.54, 1.807) is 24.3 Å². The van der Waals surface area contributed by atoms with Gasteiger partial charge in [-0.25, -0.2) is 13.1 Å². The largest absolute Gasteiger partial charge is 0.346 e. The van der Waals surface area contributed by atoms with Crippen LogP contribution < -0.4 is 10.0 Å². The first-order valence-corrected chi connectivity index (χ1v) is 8.04. The first-order valence-electron chi connectivity index (χ1n) is 5.74. The number of nitrogens with zero attached hydrogens (tertiary/aromatic N) is 1. The second-order valence-corrected chi connectivity index (χ2v) is 7.11. The van der Waals surface area contributed by atoms with E-state index in [9.17, 15) is 13.2 Å². The molecule has 1 amide bonds. The highest BCUT2D eigenvalue weighted by molar-refractivity contribution is 7.91. The fourth-order valence-corrected chi connectivity index (χ4v) is 3.59. The monoisotopic (exact) mass is 311 g/mol. The Morgan fingerprint density at radius 3 is 2.75 bits per heavy atom. The molecule has 0 aliphatic heterocycles. The molecule has 0 bridgehead atoms. The Labute approximate surface area is 120 Å². The van der Waals surface area contributed by atoms with Crippen molar-refractivity contribution in [1.82, 2.24) is 15.0 Å². The van der Waals surface area contributed by atoms with Crippen molar-refractivity contribution in [2.24, 2.45) is 0 Å². The molecule has 2 aromatic rings. The lowest BCUT2D eigenvalue weighted by Crippen LogP contribution is -2.23. The smallest absolute Gasteiger partial charge is 0.270 e. The van der Waals surface area contributed by atoms with Gasteiger partial charge in [-0.1, -0.05) is 6.07 Å². The average Bonchev–Trinajstić information content (AvgIpc) is 2.95. The number of amides is 1. The van der Waals surface area contributed by atoms with Gasteiger partial charge in [-0.3, -0.25) is 9.78 Å². The van der Waals surface area contributed by atoms with E-state index in [1.807, 2.05) is 0 Å². The number of sulfonamides is 1. The van der Waals surface area contributed by atoms with Gasteiger partial charge in [0.15, 0.2) is 0 Å². The summed E-state index contributed by atoms with van der Waals surface area (Å²) in [4.78, 5) is 16.5. The number of rotatable bonds is 5. The van der Waals surface area contributed by atoms with Crippen LogP contribution in [0.2, 0.25) is 0 Å². The van der Waals surface area contributed by atoms with Gasteiger partial charge in [-0.05, 0) is 31.3 Å². The summed E-state index contributed by atoms with van der Waals surface area (Å²) >= 11 is 1.12. The van der Waals surface area contributed by atoms with Crippen LogP contribution in [0.5, 0.6) is 0 Å². The standard InChI is InChI=1S/C12H13N3O3S2/c1-13-20(17,18)11-6-5-9(19-11)8-15-12(16)10-4-2-3-7-14-10/h2-7,13H,8H2,1H3,(H,15,16). The van der Waals surface area contributed by atoms with Gasteiger partial charge in [0.25, 0.3) is 5.91 Å². The minimum absolute atomic E-state index is 0.224. The van der Waals surface area contributed by atoms with Crippen LogP contribution in [0.1, 0.15) is 15.4 Å². The van der Waals surface area contributed by atoms with E-state index in [4.69, 9.17) is 0 Å². The Morgan fingerprint density at radius 2 is 2.10 bits per heavy atom. The maximum absolute atomic E-state index is 11.8. The maximum Gasteiger partial charge on any atom is 0.270 e. The normalized spacial score (nSPS) is 11.2. The molecule has 0 aromatic carbocycles. The summed E-state index contributed by atoms with van der Waals surface area (Å²) < 4.78 is 25.6. The number of hydrogen-bond donors (Lipinski definition) is 2. The van der Waals surface area contributed by atoms with Crippen LogP contribution in [0, 0.1) is 0 Å². The molecule has 2 aromatic heterocycles. The predicted octanol–water partition coefficient (Wildman–Crippen LogP) is 0.981. The summed E-state index contributed by atoms with van der Waals surface area (Å²) in [6.45, 7) is 0.263. The van der Waals surface area contributed by atoms with Crippen molar-refractivity contribution in [2.75, 3.05) is 7.05 Å². The summed E-state index contributed by atoms with van der Waals surface area (Å²) in [7, 11) is -2.07. The molecule has 0 aliphatic rings. The lowest BCUT2D eigenvalue weighted by molar-refractivity contribution is 0.0946. The molecular weight excluding hydrogens is 298 g/mol. The second-order valence-electron chi connectivity index (χ2n) is 3.83. The molecule has 0 atom stereocenters. The molecule has 0 saturated heterocycles. The van der Waals surface area contributed by atoms with E-state index in [-0.39, 0.29) is 16.7 Å². The Morgan fingerprint density at radius 1 is 1.30 bits per heavy atom. The average molecular weight is 311 g/mol. The highest BCUT2D eigenvalue weighted by Crippen LogP contribution is 2.21. The maximum atomic E-state index is 11.8. The number of pyridine rings is 1. The minimum atomic E-state index is -3.42. The van der Waals surface area contributed by atoms with Crippen molar-refractivity contribution in [3.8, 4) is 0 Å². The first kappa shape index (κ1) is 14.6. The van der Waals surface area contributed by atoms with Gasteiger partial charge in [0.1, 0.15) is 9.90 Å². The first-order chi connectivity index (χ1) is 9.53. The molecule has 6 nitrogen and oxygen atoms in total. The van der Waals surface area contributed by atoms with E-state index in [0.717, 1.165) is 16.2 Å². The Kier molecular flexibility index (Phi) is 4.48. The van der Waals surface area contributed by atoms with Gasteiger partial charge in [0.2, 0.25) is 10.0 Å². The van der Waals surface area contributed by atoms with Gasteiger partial charge in [-0.2, -0.15) is 0 Å². The SMILES string of the molecule is CNS(=O)(=O)c1ccc(CNC(=O)c2ccccn2)s1. The molecule has 0 spiro atoms. The quantitative estimate of drug-likeness (QED) is 0.861. The Hall–Kier alpha value is -1.77. The van der Waals surface area contributed by atoms with E-state index in [1.165, 1.54) is 19.3 Å². The van der Waals surface area contributed by atoms with Crippen molar-refractivity contribution >= 4 is 27.3 Å². The fraction of sp³-hybridized carbons (Fsp3) is 0.167. The molecule has 106 valence electrons. The van der Waals surface area contributed by atoms with Gasteiger partial charge >= 0.3 is 0 Å². The Balaban J connectivity index is 2.00. The highest BCUT2D eigenvalue weighted by Gasteiger charge is 2.14. The third kappa shape index (κ3) is 3.41. The van der Waals surface area contributed by atoms with E-state index >= 15 is 0 Å². The molecule has 0 radical (unpaired) electrons. The number of thiophene rings is 1. The van der Waals surface area contributed by atoms with Crippen LogP contribution in [0.15, 0.2) is 40.7 Å². The summed E-state index contributed by atoms with van der Waals surface area (Å²) in [6, 6.07) is 8.25. The third-order valence-corrected chi connectivity index (χ3v) is 5.48. The summed E-state index contributed by atoms with van der Waals surface area (Å²) in [5.74, 6) is -0.294. The Bertz CT molecular complexity index is 696. The lowest BCUT2D eigenvalue weighted by Gasteiger charge is -2.02. The van der Waals surface area contributed by atoms with Crippen molar-refractivity contribution in [2.45, 2.75) is 10.8 Å². The lowest BCUT2D eigenvalue weighted by atomic mass is 10.3. The zero-order valence-corrected chi connectivity index (χ0v) is 12.3. The predicted molar refractivity (Wildman–Crippen MR) is 76.0 cm³/mol. The fourth-order valence-electron chi connectivity index (χ4n) is 1.45.